The molecule has 0 amide bonds. The smallest absolute Gasteiger partial charge is 0.317 e. The molecule has 102 valence electrons. The van der Waals surface area contributed by atoms with Gasteiger partial charge in [0.25, 0.3) is 0 Å². The summed E-state index contributed by atoms with van der Waals surface area (Å²) in [6.07, 6.45) is -2.23. The predicted molar refractivity (Wildman–Crippen MR) is 68.3 cm³/mol. The van der Waals surface area contributed by atoms with E-state index in [9.17, 15) is 13.2 Å². The Morgan fingerprint density at radius 3 is 2.28 bits per heavy atom. The summed E-state index contributed by atoms with van der Waals surface area (Å²) in [6.45, 7) is 3.67. The minimum absolute atomic E-state index is 0. The second-order valence-corrected chi connectivity index (χ2v) is 4.59. The van der Waals surface area contributed by atoms with Crippen LogP contribution in [0.4, 0.5) is 13.2 Å². The Kier molecular flexibility index (Phi) is 5.05. The molecule has 0 aliphatic carbocycles. The van der Waals surface area contributed by atoms with E-state index >= 15 is 0 Å². The summed E-state index contributed by atoms with van der Waals surface area (Å²) in [7, 11) is 0. The first-order valence-electron chi connectivity index (χ1n) is 5.87. The standard InChI is InChI=1S/C13H16F3N.ClH/c1-9-8-11(13(14,15)16)2-3-12(9)10-4-6-17-7-5-10;/h2-3,8,10,17H,4-7H2,1H3;1H. The Morgan fingerprint density at radius 1 is 1.17 bits per heavy atom. The van der Waals surface area contributed by atoms with E-state index in [1.54, 1.807) is 13.0 Å². The summed E-state index contributed by atoms with van der Waals surface area (Å²) in [5, 5.41) is 3.26. The van der Waals surface area contributed by atoms with E-state index < -0.39 is 11.7 Å². The van der Waals surface area contributed by atoms with Crippen LogP contribution in [0.15, 0.2) is 18.2 Å². The molecule has 1 fully saturated rings. The van der Waals surface area contributed by atoms with Gasteiger partial charge in [-0.1, -0.05) is 6.07 Å². The van der Waals surface area contributed by atoms with Crippen molar-refractivity contribution in [1.82, 2.24) is 5.32 Å². The van der Waals surface area contributed by atoms with Gasteiger partial charge >= 0.3 is 6.18 Å². The van der Waals surface area contributed by atoms with Gasteiger partial charge in [-0.2, -0.15) is 13.2 Å². The van der Waals surface area contributed by atoms with Gasteiger partial charge in [-0.3, -0.25) is 0 Å². The van der Waals surface area contributed by atoms with Crippen molar-refractivity contribution >= 4 is 12.4 Å². The molecule has 2 rings (SSSR count). The molecule has 1 heterocycles. The Balaban J connectivity index is 0.00000162. The molecule has 0 spiro atoms. The molecule has 5 heteroatoms. The third-order valence-electron chi connectivity index (χ3n) is 3.38. The Labute approximate surface area is 111 Å². The molecule has 0 atom stereocenters. The van der Waals surface area contributed by atoms with Crippen molar-refractivity contribution in [2.45, 2.75) is 31.9 Å². The van der Waals surface area contributed by atoms with Gasteiger partial charge in [-0.25, -0.2) is 0 Å². The number of hydrogen-bond donors (Lipinski definition) is 1. The molecule has 0 bridgehead atoms. The lowest BCUT2D eigenvalue weighted by atomic mass is 9.87. The first-order chi connectivity index (χ1) is 7.98. The Morgan fingerprint density at radius 2 is 1.78 bits per heavy atom. The fourth-order valence-corrected chi connectivity index (χ4v) is 2.44. The summed E-state index contributed by atoms with van der Waals surface area (Å²) in [5.74, 6) is 0.401. The monoisotopic (exact) mass is 279 g/mol. The molecule has 0 unspecified atom stereocenters. The number of rotatable bonds is 1. The fraction of sp³-hybridized carbons (Fsp3) is 0.538. The maximum absolute atomic E-state index is 12.5. The molecule has 1 N–H and O–H groups in total. The summed E-state index contributed by atoms with van der Waals surface area (Å²) in [4.78, 5) is 0. The van der Waals surface area contributed by atoms with Gasteiger partial charge < -0.3 is 5.32 Å². The maximum Gasteiger partial charge on any atom is 0.416 e. The Hall–Kier alpha value is -0.740. The van der Waals surface area contributed by atoms with Gasteiger partial charge in [-0.05, 0) is 62.0 Å². The minimum atomic E-state index is -4.24. The van der Waals surface area contributed by atoms with Crippen LogP contribution in [0, 0.1) is 6.92 Å². The summed E-state index contributed by atoms with van der Waals surface area (Å²) < 4.78 is 37.6. The lowest BCUT2D eigenvalue weighted by molar-refractivity contribution is -0.137. The zero-order valence-electron chi connectivity index (χ0n) is 10.2. The molecule has 1 aromatic rings. The van der Waals surface area contributed by atoms with Crippen LogP contribution in [0.1, 0.15) is 35.4 Å². The van der Waals surface area contributed by atoms with Crippen LogP contribution in [-0.4, -0.2) is 13.1 Å². The van der Waals surface area contributed by atoms with E-state index in [-0.39, 0.29) is 12.4 Å². The van der Waals surface area contributed by atoms with Crippen LogP contribution in [0.3, 0.4) is 0 Å². The van der Waals surface area contributed by atoms with Crippen LogP contribution in [0.25, 0.3) is 0 Å². The molecule has 1 aromatic carbocycles. The highest BCUT2D eigenvalue weighted by Gasteiger charge is 2.31. The summed E-state index contributed by atoms with van der Waals surface area (Å²) >= 11 is 0. The quantitative estimate of drug-likeness (QED) is 0.822. The van der Waals surface area contributed by atoms with E-state index in [0.717, 1.165) is 37.1 Å². The first kappa shape index (κ1) is 15.3. The van der Waals surface area contributed by atoms with Crippen molar-refractivity contribution in [1.29, 1.82) is 0 Å². The number of benzene rings is 1. The second kappa shape index (κ2) is 5.93. The van der Waals surface area contributed by atoms with Crippen LogP contribution >= 0.6 is 12.4 Å². The van der Waals surface area contributed by atoms with Crippen LogP contribution in [-0.2, 0) is 6.18 Å². The van der Waals surface area contributed by atoms with E-state index in [2.05, 4.69) is 5.32 Å². The molecule has 1 saturated heterocycles. The third-order valence-corrected chi connectivity index (χ3v) is 3.38. The van der Waals surface area contributed by atoms with E-state index in [4.69, 9.17) is 0 Å². The van der Waals surface area contributed by atoms with Gasteiger partial charge in [-0.15, -0.1) is 12.4 Å². The number of hydrogen-bond acceptors (Lipinski definition) is 1. The van der Waals surface area contributed by atoms with Gasteiger partial charge in [0.1, 0.15) is 0 Å². The van der Waals surface area contributed by atoms with Gasteiger partial charge in [0, 0.05) is 0 Å². The fourth-order valence-electron chi connectivity index (χ4n) is 2.44. The normalized spacial score (nSPS) is 17.3. The number of nitrogens with one attached hydrogen (secondary N) is 1. The van der Waals surface area contributed by atoms with E-state index in [1.165, 1.54) is 12.1 Å². The number of halogens is 4. The lowest BCUT2D eigenvalue weighted by Gasteiger charge is -2.25. The molecule has 0 saturated carbocycles. The second-order valence-electron chi connectivity index (χ2n) is 4.59. The zero-order chi connectivity index (χ0) is 12.5. The molecule has 0 aromatic heterocycles. The largest absolute Gasteiger partial charge is 0.416 e. The predicted octanol–water partition coefficient (Wildman–Crippen LogP) is 3.90. The lowest BCUT2D eigenvalue weighted by Crippen LogP contribution is -2.27. The zero-order valence-corrected chi connectivity index (χ0v) is 11.0. The highest BCUT2D eigenvalue weighted by molar-refractivity contribution is 5.85. The van der Waals surface area contributed by atoms with Gasteiger partial charge in [0.05, 0.1) is 5.56 Å². The van der Waals surface area contributed by atoms with Crippen molar-refractivity contribution in [3.05, 3.63) is 34.9 Å². The average Bonchev–Trinajstić information content (AvgIpc) is 2.29. The van der Waals surface area contributed by atoms with E-state index in [0.29, 0.717) is 5.92 Å². The minimum Gasteiger partial charge on any atom is -0.317 e. The number of piperidine rings is 1. The van der Waals surface area contributed by atoms with Crippen LogP contribution < -0.4 is 5.32 Å². The average molecular weight is 280 g/mol. The first-order valence-corrected chi connectivity index (χ1v) is 5.87. The molecule has 0 radical (unpaired) electrons. The Bertz CT molecular complexity index is 398. The van der Waals surface area contributed by atoms with Crippen molar-refractivity contribution < 1.29 is 13.2 Å². The molecular weight excluding hydrogens is 263 g/mol. The van der Waals surface area contributed by atoms with Crippen molar-refractivity contribution in [3.63, 3.8) is 0 Å². The summed E-state index contributed by atoms with van der Waals surface area (Å²) in [6, 6.07) is 4.11. The van der Waals surface area contributed by atoms with E-state index in [1.807, 2.05) is 0 Å². The maximum atomic E-state index is 12.5. The van der Waals surface area contributed by atoms with Gasteiger partial charge in [0.2, 0.25) is 0 Å². The van der Waals surface area contributed by atoms with Crippen molar-refractivity contribution in [3.8, 4) is 0 Å². The molecule has 1 nitrogen and oxygen atoms in total. The number of aryl methyl sites for hydroxylation is 1. The SMILES string of the molecule is Cc1cc(C(F)(F)F)ccc1C1CCNCC1.Cl. The highest BCUT2D eigenvalue weighted by atomic mass is 35.5. The highest BCUT2D eigenvalue weighted by Crippen LogP contribution is 2.34. The third kappa shape index (κ3) is 3.39. The number of alkyl halides is 3. The molecule has 18 heavy (non-hydrogen) atoms. The van der Waals surface area contributed by atoms with Crippen molar-refractivity contribution in [2.75, 3.05) is 13.1 Å². The molecule has 1 aliphatic heterocycles. The van der Waals surface area contributed by atoms with Gasteiger partial charge in [0.15, 0.2) is 0 Å². The van der Waals surface area contributed by atoms with Crippen LogP contribution in [0.5, 0.6) is 0 Å². The topological polar surface area (TPSA) is 12.0 Å². The summed E-state index contributed by atoms with van der Waals surface area (Å²) in [5.41, 5.74) is 1.28. The molecule has 1 aliphatic rings. The van der Waals surface area contributed by atoms with Crippen LogP contribution in [0.2, 0.25) is 0 Å². The molecular formula is C13H17ClF3N. The van der Waals surface area contributed by atoms with Crippen molar-refractivity contribution in [2.24, 2.45) is 0 Å².